The summed E-state index contributed by atoms with van der Waals surface area (Å²) >= 11 is 0. The van der Waals surface area contributed by atoms with Crippen LogP contribution in [0.3, 0.4) is 0 Å². The molecule has 0 aliphatic carbocycles. The predicted octanol–water partition coefficient (Wildman–Crippen LogP) is 4.42. The third-order valence-corrected chi connectivity index (χ3v) is 6.04. The van der Waals surface area contributed by atoms with Crippen molar-refractivity contribution in [1.82, 2.24) is 15.5 Å². The van der Waals surface area contributed by atoms with Crippen LogP contribution in [0, 0.1) is 5.41 Å². The molecular formula is C29H50N4O4. The van der Waals surface area contributed by atoms with Gasteiger partial charge in [0.05, 0.1) is 6.04 Å². The summed E-state index contributed by atoms with van der Waals surface area (Å²) < 4.78 is 0. The van der Waals surface area contributed by atoms with E-state index in [1.54, 1.807) is 14.1 Å². The Morgan fingerprint density at radius 2 is 1.62 bits per heavy atom. The first-order chi connectivity index (χ1) is 17.1. The number of anilines is 1. The number of nitrogens with zero attached hydrogens (tertiary/aromatic N) is 1. The molecule has 0 aromatic heterocycles. The number of hydrogen-bond donors (Lipinski definition) is 4. The highest BCUT2D eigenvalue weighted by molar-refractivity contribution is 5.91. The molecule has 2 unspecified atom stereocenters. The first-order valence-corrected chi connectivity index (χ1v) is 13.0. The number of carboxylic acid groups (broad SMARTS) is 1. The average Bonchev–Trinajstić information content (AvgIpc) is 2.80. The van der Waals surface area contributed by atoms with Crippen molar-refractivity contribution in [2.45, 2.75) is 86.2 Å². The van der Waals surface area contributed by atoms with Crippen molar-refractivity contribution >= 4 is 23.5 Å². The van der Waals surface area contributed by atoms with Crippen molar-refractivity contribution in [2.75, 3.05) is 32.5 Å². The SMILES string of the molecule is CCC.CCNc1cccc(C(C)(C)C(NC)C(=O)NC(C(=O)N(C)C/C=C(\C)C(=O)O)C(C)(C)C)c1. The molecule has 0 aliphatic rings. The minimum absolute atomic E-state index is 0.136. The van der Waals surface area contributed by atoms with Crippen molar-refractivity contribution in [3.05, 3.63) is 41.5 Å². The van der Waals surface area contributed by atoms with Gasteiger partial charge in [-0.25, -0.2) is 4.79 Å². The third-order valence-electron chi connectivity index (χ3n) is 6.04. The molecule has 37 heavy (non-hydrogen) atoms. The fourth-order valence-corrected chi connectivity index (χ4v) is 3.77. The van der Waals surface area contributed by atoms with Crippen LogP contribution in [0.1, 0.15) is 74.3 Å². The number of carboxylic acids is 1. The molecular weight excluding hydrogens is 468 g/mol. The summed E-state index contributed by atoms with van der Waals surface area (Å²) in [5.41, 5.74) is 1.01. The van der Waals surface area contributed by atoms with Crippen LogP contribution in [-0.2, 0) is 19.8 Å². The van der Waals surface area contributed by atoms with Gasteiger partial charge in [0.2, 0.25) is 11.8 Å². The van der Waals surface area contributed by atoms with Crippen LogP contribution in [0.25, 0.3) is 0 Å². The summed E-state index contributed by atoms with van der Waals surface area (Å²) in [4.78, 5) is 39.2. The first kappa shape index (κ1) is 34.1. The maximum atomic E-state index is 13.5. The normalized spacial score (nSPS) is 13.5. The number of rotatable bonds is 11. The van der Waals surface area contributed by atoms with Gasteiger partial charge in [-0.1, -0.05) is 73.1 Å². The highest BCUT2D eigenvalue weighted by atomic mass is 16.4. The van der Waals surface area contributed by atoms with Gasteiger partial charge >= 0.3 is 5.97 Å². The first-order valence-electron chi connectivity index (χ1n) is 13.0. The second-order valence-corrected chi connectivity index (χ2v) is 11.0. The molecule has 0 heterocycles. The molecule has 210 valence electrons. The Bertz CT molecular complexity index is 919. The van der Waals surface area contributed by atoms with Gasteiger partial charge < -0.3 is 26.0 Å². The highest BCUT2D eigenvalue weighted by Gasteiger charge is 2.40. The lowest BCUT2D eigenvalue weighted by Crippen LogP contribution is -2.60. The van der Waals surface area contributed by atoms with Crippen molar-refractivity contribution in [1.29, 1.82) is 0 Å². The number of nitrogens with one attached hydrogen (secondary N) is 3. The van der Waals surface area contributed by atoms with Gasteiger partial charge in [0, 0.05) is 36.8 Å². The maximum absolute atomic E-state index is 13.5. The molecule has 1 rings (SSSR count). The van der Waals surface area contributed by atoms with Crippen LogP contribution >= 0.6 is 0 Å². The minimum Gasteiger partial charge on any atom is -0.478 e. The van der Waals surface area contributed by atoms with E-state index in [-0.39, 0.29) is 23.9 Å². The van der Waals surface area contributed by atoms with Crippen molar-refractivity contribution in [2.24, 2.45) is 5.41 Å². The summed E-state index contributed by atoms with van der Waals surface area (Å²) in [6.45, 7) is 18.4. The Kier molecular flexibility index (Phi) is 14.2. The monoisotopic (exact) mass is 518 g/mol. The number of carbonyl (C=O) groups excluding carboxylic acids is 2. The molecule has 1 aromatic rings. The smallest absolute Gasteiger partial charge is 0.331 e. The lowest BCUT2D eigenvalue weighted by atomic mass is 9.76. The fraction of sp³-hybridized carbons (Fsp3) is 0.621. The van der Waals surface area contributed by atoms with E-state index in [0.717, 1.165) is 17.8 Å². The Morgan fingerprint density at radius 1 is 1.05 bits per heavy atom. The topological polar surface area (TPSA) is 111 Å². The van der Waals surface area contributed by atoms with Crippen molar-refractivity contribution < 1.29 is 19.5 Å². The zero-order valence-corrected chi connectivity index (χ0v) is 24.8. The van der Waals surface area contributed by atoms with Crippen LogP contribution in [0.5, 0.6) is 0 Å². The molecule has 0 fully saturated rings. The van der Waals surface area contributed by atoms with E-state index in [1.165, 1.54) is 24.3 Å². The van der Waals surface area contributed by atoms with Crippen molar-refractivity contribution in [3.8, 4) is 0 Å². The number of carbonyl (C=O) groups is 3. The Balaban J connectivity index is 0.00000410. The number of aliphatic carboxylic acids is 1. The van der Waals surface area contributed by atoms with Gasteiger partial charge in [-0.2, -0.15) is 0 Å². The van der Waals surface area contributed by atoms with Crippen LogP contribution < -0.4 is 16.0 Å². The molecule has 0 saturated carbocycles. The number of benzene rings is 1. The highest BCUT2D eigenvalue weighted by Crippen LogP contribution is 2.30. The third kappa shape index (κ3) is 10.6. The van der Waals surface area contributed by atoms with E-state index in [2.05, 4.69) is 29.8 Å². The molecule has 8 heteroatoms. The lowest BCUT2D eigenvalue weighted by molar-refractivity contribution is -0.139. The van der Waals surface area contributed by atoms with Gasteiger partial charge in [-0.05, 0) is 44.0 Å². The van der Waals surface area contributed by atoms with Crippen LogP contribution in [0.15, 0.2) is 35.9 Å². The summed E-state index contributed by atoms with van der Waals surface area (Å²) in [6, 6.07) is 6.60. The van der Waals surface area contributed by atoms with E-state index in [4.69, 9.17) is 5.11 Å². The summed E-state index contributed by atoms with van der Waals surface area (Å²) in [5, 5.41) is 18.5. The average molecular weight is 519 g/mol. The predicted molar refractivity (Wildman–Crippen MR) is 153 cm³/mol. The number of likely N-dealkylation sites (N-methyl/N-ethyl adjacent to an activating group) is 2. The van der Waals surface area contributed by atoms with Gasteiger partial charge in [-0.3, -0.25) is 9.59 Å². The molecule has 8 nitrogen and oxygen atoms in total. The van der Waals surface area contributed by atoms with E-state index >= 15 is 0 Å². The van der Waals surface area contributed by atoms with Gasteiger partial charge in [0.25, 0.3) is 0 Å². The zero-order valence-electron chi connectivity index (χ0n) is 24.8. The molecule has 2 atom stereocenters. The molecule has 0 saturated heterocycles. The Labute approximate surface area is 224 Å². The Morgan fingerprint density at radius 3 is 2.08 bits per heavy atom. The van der Waals surface area contributed by atoms with Crippen LogP contribution in [0.4, 0.5) is 5.69 Å². The Hall–Kier alpha value is -2.87. The van der Waals surface area contributed by atoms with Crippen LogP contribution in [-0.4, -0.2) is 67.1 Å². The standard InChI is InChI=1S/C26H42N4O4.C3H8/c1-10-28-19-13-11-12-18(16-19)26(6,7)20(27-8)22(31)29-21(25(3,4)5)23(32)30(9)15-14-17(2)24(33)34;1-3-2/h11-14,16,20-21,27-28H,10,15H2,1-9H3,(H,29,31)(H,33,34);3H2,1-2H3/b17-14+;. The molecule has 0 radical (unpaired) electrons. The lowest BCUT2D eigenvalue weighted by Gasteiger charge is -2.38. The molecule has 1 aromatic carbocycles. The molecule has 2 amide bonds. The van der Waals surface area contributed by atoms with Gasteiger partial charge in [-0.15, -0.1) is 0 Å². The zero-order chi connectivity index (χ0) is 29.0. The quantitative estimate of drug-likeness (QED) is 0.323. The molecule has 0 bridgehead atoms. The number of hydrogen-bond acceptors (Lipinski definition) is 5. The minimum atomic E-state index is -1.03. The summed E-state index contributed by atoms with van der Waals surface area (Å²) in [6.07, 6.45) is 2.73. The van der Waals surface area contributed by atoms with Crippen molar-refractivity contribution in [3.63, 3.8) is 0 Å². The molecule has 0 spiro atoms. The van der Waals surface area contributed by atoms with Gasteiger partial charge in [0.15, 0.2) is 0 Å². The summed E-state index contributed by atoms with van der Waals surface area (Å²) in [7, 11) is 3.34. The molecule has 0 aliphatic heterocycles. The summed E-state index contributed by atoms with van der Waals surface area (Å²) in [5.74, 6) is -1.59. The van der Waals surface area contributed by atoms with Gasteiger partial charge in [0.1, 0.15) is 6.04 Å². The number of amides is 2. The molecule has 4 N–H and O–H groups in total. The second-order valence-electron chi connectivity index (χ2n) is 11.0. The maximum Gasteiger partial charge on any atom is 0.331 e. The largest absolute Gasteiger partial charge is 0.478 e. The second kappa shape index (κ2) is 15.4. The van der Waals surface area contributed by atoms with Crippen LogP contribution in [0.2, 0.25) is 0 Å². The van der Waals surface area contributed by atoms with E-state index in [9.17, 15) is 14.4 Å². The van der Waals surface area contributed by atoms with E-state index < -0.39 is 28.9 Å². The van der Waals surface area contributed by atoms with E-state index in [0.29, 0.717) is 0 Å². The fourth-order valence-electron chi connectivity index (χ4n) is 3.77. The van der Waals surface area contributed by atoms with E-state index in [1.807, 2.05) is 65.8 Å².